The number of aldehydes is 1. The van der Waals surface area contributed by atoms with Crippen molar-refractivity contribution in [2.45, 2.75) is 6.92 Å². The van der Waals surface area contributed by atoms with Gasteiger partial charge in [0.15, 0.2) is 0 Å². The fourth-order valence-corrected chi connectivity index (χ4v) is 1.78. The number of hydrogen-bond donors (Lipinski definition) is 0. The Kier molecular flexibility index (Phi) is 3.51. The highest BCUT2D eigenvalue weighted by atomic mass is 16.1. The van der Waals surface area contributed by atoms with Crippen molar-refractivity contribution in [3.8, 4) is 11.1 Å². The van der Waals surface area contributed by atoms with E-state index < -0.39 is 0 Å². The Hall–Kier alpha value is -2.15. The van der Waals surface area contributed by atoms with Gasteiger partial charge in [-0.05, 0) is 29.7 Å². The van der Waals surface area contributed by atoms with E-state index in [9.17, 15) is 4.79 Å². The summed E-state index contributed by atoms with van der Waals surface area (Å²) in [5.41, 5.74) is 4.62. The van der Waals surface area contributed by atoms with Gasteiger partial charge >= 0.3 is 0 Å². The Morgan fingerprint density at radius 1 is 0.941 bits per heavy atom. The first-order valence-electron chi connectivity index (χ1n) is 5.59. The van der Waals surface area contributed by atoms with Gasteiger partial charge in [-0.3, -0.25) is 4.79 Å². The molecule has 0 saturated heterocycles. The van der Waals surface area contributed by atoms with Gasteiger partial charge in [-0.1, -0.05) is 60.2 Å². The third kappa shape index (κ3) is 2.70. The molecule has 0 heterocycles. The predicted molar refractivity (Wildman–Crippen MR) is 71.7 cm³/mol. The SMILES string of the molecule is Cc1ccc(-c2ccccc2/C=C/C=O)cc1. The van der Waals surface area contributed by atoms with Crippen LogP contribution in [0.3, 0.4) is 0 Å². The minimum atomic E-state index is 0.798. The van der Waals surface area contributed by atoms with Crippen molar-refractivity contribution in [1.29, 1.82) is 0 Å². The molecule has 0 spiro atoms. The molecule has 2 rings (SSSR count). The molecule has 0 aliphatic carbocycles. The second-order valence-corrected chi connectivity index (χ2v) is 3.95. The van der Waals surface area contributed by atoms with Gasteiger partial charge in [-0.15, -0.1) is 0 Å². The van der Waals surface area contributed by atoms with Gasteiger partial charge in [0.25, 0.3) is 0 Å². The smallest absolute Gasteiger partial charge is 0.142 e. The van der Waals surface area contributed by atoms with Gasteiger partial charge in [0.1, 0.15) is 6.29 Å². The fourth-order valence-electron chi connectivity index (χ4n) is 1.78. The number of carbonyl (C=O) groups is 1. The Bertz CT molecular complexity index is 536. The average molecular weight is 222 g/mol. The van der Waals surface area contributed by atoms with Crippen LogP contribution in [0.5, 0.6) is 0 Å². The second kappa shape index (κ2) is 5.26. The number of benzene rings is 2. The quantitative estimate of drug-likeness (QED) is 0.569. The predicted octanol–water partition coefficient (Wildman–Crippen LogP) is 3.87. The monoisotopic (exact) mass is 222 g/mol. The Labute approximate surface area is 101 Å². The van der Waals surface area contributed by atoms with Crippen LogP contribution in [0.15, 0.2) is 54.6 Å². The zero-order valence-corrected chi connectivity index (χ0v) is 9.76. The molecule has 0 radical (unpaired) electrons. The van der Waals surface area contributed by atoms with Crippen molar-refractivity contribution in [3.63, 3.8) is 0 Å². The average Bonchev–Trinajstić information content (AvgIpc) is 2.38. The summed E-state index contributed by atoms with van der Waals surface area (Å²) in [4.78, 5) is 10.4. The summed E-state index contributed by atoms with van der Waals surface area (Å²) in [6.07, 6.45) is 4.15. The van der Waals surface area contributed by atoms with Gasteiger partial charge in [0.05, 0.1) is 0 Å². The molecule has 0 saturated carbocycles. The molecule has 0 aliphatic rings. The summed E-state index contributed by atoms with van der Waals surface area (Å²) < 4.78 is 0. The van der Waals surface area contributed by atoms with E-state index in [0.717, 1.165) is 17.4 Å². The first-order valence-corrected chi connectivity index (χ1v) is 5.59. The molecule has 2 aromatic carbocycles. The summed E-state index contributed by atoms with van der Waals surface area (Å²) in [5.74, 6) is 0. The van der Waals surface area contributed by atoms with Gasteiger partial charge < -0.3 is 0 Å². The molecule has 0 aromatic heterocycles. The number of carbonyl (C=O) groups excluding carboxylic acids is 1. The number of aryl methyl sites for hydroxylation is 1. The number of allylic oxidation sites excluding steroid dienone is 1. The summed E-state index contributed by atoms with van der Waals surface area (Å²) in [6, 6.07) is 16.4. The van der Waals surface area contributed by atoms with Crippen LogP contribution in [-0.4, -0.2) is 6.29 Å². The van der Waals surface area contributed by atoms with Gasteiger partial charge in [0, 0.05) is 0 Å². The molecular formula is C16H14O. The van der Waals surface area contributed by atoms with E-state index in [1.165, 1.54) is 17.2 Å². The summed E-state index contributed by atoms with van der Waals surface area (Å²) in [5, 5.41) is 0. The van der Waals surface area contributed by atoms with Crippen LogP contribution >= 0.6 is 0 Å². The zero-order valence-electron chi connectivity index (χ0n) is 9.76. The lowest BCUT2D eigenvalue weighted by molar-refractivity contribution is -0.104. The summed E-state index contributed by atoms with van der Waals surface area (Å²) >= 11 is 0. The molecule has 1 heteroatoms. The van der Waals surface area contributed by atoms with E-state index in [4.69, 9.17) is 0 Å². The van der Waals surface area contributed by atoms with Crippen LogP contribution in [0.2, 0.25) is 0 Å². The molecule has 1 nitrogen and oxygen atoms in total. The van der Waals surface area contributed by atoms with Crippen LogP contribution in [0, 0.1) is 6.92 Å². The lowest BCUT2D eigenvalue weighted by atomic mass is 9.98. The Balaban J connectivity index is 2.47. The van der Waals surface area contributed by atoms with Crippen molar-refractivity contribution in [3.05, 3.63) is 65.7 Å². The first-order chi connectivity index (χ1) is 8.31. The van der Waals surface area contributed by atoms with E-state index >= 15 is 0 Å². The minimum Gasteiger partial charge on any atom is -0.299 e. The molecule has 0 atom stereocenters. The van der Waals surface area contributed by atoms with Crippen LogP contribution in [0.25, 0.3) is 17.2 Å². The molecule has 0 amide bonds. The van der Waals surface area contributed by atoms with E-state index in [1.54, 1.807) is 0 Å². The van der Waals surface area contributed by atoms with Crippen LogP contribution in [-0.2, 0) is 4.79 Å². The minimum absolute atomic E-state index is 0.798. The van der Waals surface area contributed by atoms with Gasteiger partial charge in [-0.25, -0.2) is 0 Å². The molecule has 17 heavy (non-hydrogen) atoms. The third-order valence-corrected chi connectivity index (χ3v) is 2.68. The van der Waals surface area contributed by atoms with E-state index in [2.05, 4.69) is 37.3 Å². The molecule has 0 unspecified atom stereocenters. The Morgan fingerprint density at radius 3 is 2.35 bits per heavy atom. The van der Waals surface area contributed by atoms with E-state index in [-0.39, 0.29) is 0 Å². The number of hydrogen-bond acceptors (Lipinski definition) is 1. The lowest BCUT2D eigenvalue weighted by Crippen LogP contribution is -1.83. The van der Waals surface area contributed by atoms with Crippen LogP contribution in [0.1, 0.15) is 11.1 Å². The maximum absolute atomic E-state index is 10.4. The molecule has 0 N–H and O–H groups in total. The number of rotatable bonds is 3. The second-order valence-electron chi connectivity index (χ2n) is 3.95. The van der Waals surface area contributed by atoms with Crippen LogP contribution in [0.4, 0.5) is 0 Å². The summed E-state index contributed by atoms with van der Waals surface area (Å²) in [7, 11) is 0. The molecule has 0 fully saturated rings. The first kappa shape index (κ1) is 11.3. The van der Waals surface area contributed by atoms with E-state index in [1.807, 2.05) is 24.3 Å². The van der Waals surface area contributed by atoms with E-state index in [0.29, 0.717) is 0 Å². The lowest BCUT2D eigenvalue weighted by Gasteiger charge is -2.06. The van der Waals surface area contributed by atoms with Crippen molar-refractivity contribution in [1.82, 2.24) is 0 Å². The third-order valence-electron chi connectivity index (χ3n) is 2.68. The van der Waals surface area contributed by atoms with Crippen LogP contribution < -0.4 is 0 Å². The normalized spacial score (nSPS) is 10.6. The largest absolute Gasteiger partial charge is 0.299 e. The highest BCUT2D eigenvalue weighted by Crippen LogP contribution is 2.24. The molecular weight excluding hydrogens is 208 g/mol. The van der Waals surface area contributed by atoms with Gasteiger partial charge in [0.2, 0.25) is 0 Å². The Morgan fingerprint density at radius 2 is 1.65 bits per heavy atom. The van der Waals surface area contributed by atoms with Crippen molar-refractivity contribution in [2.24, 2.45) is 0 Å². The standard InChI is InChI=1S/C16H14O/c1-13-8-10-15(11-9-13)16-7-3-2-5-14(16)6-4-12-17/h2-12H,1H3/b6-4+. The van der Waals surface area contributed by atoms with Crippen molar-refractivity contribution >= 4 is 12.4 Å². The zero-order chi connectivity index (χ0) is 12.1. The maximum atomic E-state index is 10.4. The summed E-state index contributed by atoms with van der Waals surface area (Å²) in [6.45, 7) is 2.07. The topological polar surface area (TPSA) is 17.1 Å². The highest BCUT2D eigenvalue weighted by Gasteiger charge is 2.01. The molecule has 0 aliphatic heterocycles. The molecule has 2 aromatic rings. The van der Waals surface area contributed by atoms with Crippen molar-refractivity contribution in [2.75, 3.05) is 0 Å². The maximum Gasteiger partial charge on any atom is 0.142 e. The highest BCUT2D eigenvalue weighted by molar-refractivity contribution is 5.81. The molecule has 0 bridgehead atoms. The fraction of sp³-hybridized carbons (Fsp3) is 0.0625. The molecule has 84 valence electrons. The van der Waals surface area contributed by atoms with Gasteiger partial charge in [-0.2, -0.15) is 0 Å². The van der Waals surface area contributed by atoms with Crippen molar-refractivity contribution < 1.29 is 4.79 Å².